The Balaban J connectivity index is 1.42. The summed E-state index contributed by atoms with van der Waals surface area (Å²) < 4.78 is 43.1. The molecule has 0 bridgehead atoms. The zero-order valence-electron chi connectivity index (χ0n) is 20.6. The second-order valence-corrected chi connectivity index (χ2v) is 9.03. The van der Waals surface area contributed by atoms with Crippen molar-refractivity contribution in [2.45, 2.75) is 26.3 Å². The van der Waals surface area contributed by atoms with E-state index in [0.717, 1.165) is 38.3 Å². The van der Waals surface area contributed by atoms with Gasteiger partial charge in [-0.05, 0) is 77.7 Å². The number of rotatable bonds is 8. The number of hydrogen-bond donors (Lipinski definition) is 2. The van der Waals surface area contributed by atoms with E-state index in [9.17, 15) is 23.1 Å². The molecule has 196 valence electrons. The number of amides is 1. The molecule has 1 fully saturated rings. The number of carbonyl (C=O) groups is 1. The summed E-state index contributed by atoms with van der Waals surface area (Å²) in [6.07, 6.45) is -3.92. The molecule has 1 aliphatic rings. The van der Waals surface area contributed by atoms with Gasteiger partial charge in [0.25, 0.3) is 5.91 Å². The monoisotopic (exact) mass is 513 g/mol. The molecule has 1 saturated heterocycles. The van der Waals surface area contributed by atoms with E-state index in [4.69, 9.17) is 0 Å². The van der Waals surface area contributed by atoms with Crippen LogP contribution in [-0.2, 0) is 6.54 Å². The average Bonchev–Trinajstić information content (AvgIpc) is 2.87. The molecule has 1 amide bonds. The summed E-state index contributed by atoms with van der Waals surface area (Å²) in [6.45, 7) is 6.06. The van der Waals surface area contributed by atoms with Crippen LogP contribution in [0.3, 0.4) is 0 Å². The van der Waals surface area contributed by atoms with Crippen LogP contribution < -0.4 is 15.0 Å². The topological polar surface area (TPSA) is 65.0 Å². The van der Waals surface area contributed by atoms with Crippen LogP contribution in [-0.4, -0.2) is 55.0 Å². The number of ether oxygens (including phenoxy) is 1. The van der Waals surface area contributed by atoms with Gasteiger partial charge in [0, 0.05) is 50.5 Å². The summed E-state index contributed by atoms with van der Waals surface area (Å²) in [5.41, 5.74) is 3.48. The molecule has 3 aromatic rings. The highest BCUT2D eigenvalue weighted by molar-refractivity contribution is 5.94. The highest BCUT2D eigenvalue weighted by Gasteiger charge is 2.31. The molecular weight excluding hydrogens is 483 g/mol. The van der Waals surface area contributed by atoms with Crippen molar-refractivity contribution in [3.05, 3.63) is 77.9 Å². The molecule has 6 nitrogen and oxygen atoms in total. The number of piperazine rings is 1. The maximum atomic E-state index is 13.0. The maximum Gasteiger partial charge on any atom is 0.573 e. The summed E-state index contributed by atoms with van der Waals surface area (Å²) in [7, 11) is 0. The number of alkyl halides is 3. The highest BCUT2D eigenvalue weighted by atomic mass is 19.4. The van der Waals surface area contributed by atoms with E-state index < -0.39 is 6.36 Å². The molecule has 0 spiro atoms. The lowest BCUT2D eigenvalue weighted by Gasteiger charge is -2.36. The van der Waals surface area contributed by atoms with Crippen LogP contribution in [0.5, 0.6) is 11.5 Å². The number of aromatic hydroxyl groups is 1. The average molecular weight is 514 g/mol. The molecule has 2 N–H and O–H groups in total. The molecule has 37 heavy (non-hydrogen) atoms. The van der Waals surface area contributed by atoms with E-state index in [-0.39, 0.29) is 17.4 Å². The lowest BCUT2D eigenvalue weighted by molar-refractivity contribution is -0.274. The maximum absolute atomic E-state index is 13.0. The largest absolute Gasteiger partial charge is 0.573 e. The fourth-order valence-electron chi connectivity index (χ4n) is 4.38. The van der Waals surface area contributed by atoms with Gasteiger partial charge >= 0.3 is 6.36 Å². The molecule has 1 heterocycles. The number of phenolic OH excluding ortho intramolecular Hbond substituents is 1. The smallest absolute Gasteiger partial charge is 0.508 e. The summed E-state index contributed by atoms with van der Waals surface area (Å²) in [4.78, 5) is 16.5. The van der Waals surface area contributed by atoms with Crippen molar-refractivity contribution < 1.29 is 27.8 Å². The number of anilines is 1. The molecule has 0 unspecified atom stereocenters. The third-order valence-electron chi connectivity index (χ3n) is 6.19. The summed E-state index contributed by atoms with van der Waals surface area (Å²) in [6, 6.07) is 18.5. The van der Waals surface area contributed by atoms with Gasteiger partial charge in [0.15, 0.2) is 0 Å². The van der Waals surface area contributed by atoms with E-state index in [1.165, 1.54) is 24.3 Å². The number of carbonyl (C=O) groups excluding carboxylic acids is 1. The third-order valence-corrected chi connectivity index (χ3v) is 6.19. The van der Waals surface area contributed by atoms with E-state index >= 15 is 0 Å². The molecule has 0 aliphatic carbocycles. The van der Waals surface area contributed by atoms with Gasteiger partial charge in [0.05, 0.1) is 0 Å². The van der Waals surface area contributed by atoms with Crippen LogP contribution in [0.1, 0.15) is 29.3 Å². The first kappa shape index (κ1) is 26.3. The van der Waals surface area contributed by atoms with Crippen LogP contribution in [0, 0.1) is 0 Å². The van der Waals surface area contributed by atoms with Crippen LogP contribution in [0.4, 0.5) is 18.9 Å². The normalized spacial score (nSPS) is 14.4. The van der Waals surface area contributed by atoms with E-state index in [2.05, 4.69) is 19.9 Å². The minimum absolute atomic E-state index is 0.0342. The lowest BCUT2D eigenvalue weighted by Crippen LogP contribution is -2.46. The minimum atomic E-state index is -4.80. The van der Waals surface area contributed by atoms with Crippen molar-refractivity contribution >= 4 is 11.6 Å². The van der Waals surface area contributed by atoms with Crippen molar-refractivity contribution in [3.63, 3.8) is 0 Å². The minimum Gasteiger partial charge on any atom is -0.508 e. The van der Waals surface area contributed by atoms with Crippen molar-refractivity contribution in [2.24, 2.45) is 0 Å². The fourth-order valence-corrected chi connectivity index (χ4v) is 4.38. The summed E-state index contributed by atoms with van der Waals surface area (Å²) in [5, 5.41) is 12.7. The van der Waals surface area contributed by atoms with Crippen molar-refractivity contribution in [1.82, 2.24) is 10.2 Å². The molecular formula is C28H30F3N3O3. The molecule has 4 rings (SSSR count). The fraction of sp³-hybridized carbons (Fsp3) is 0.321. The van der Waals surface area contributed by atoms with Crippen LogP contribution in [0.25, 0.3) is 11.1 Å². The molecule has 3 aromatic carbocycles. The number of halogens is 3. The summed E-state index contributed by atoms with van der Waals surface area (Å²) >= 11 is 0. The molecule has 0 atom stereocenters. The zero-order chi connectivity index (χ0) is 26.4. The first-order valence-corrected chi connectivity index (χ1v) is 12.2. The van der Waals surface area contributed by atoms with Crippen LogP contribution in [0.15, 0.2) is 66.7 Å². The predicted molar refractivity (Wildman–Crippen MR) is 137 cm³/mol. The van der Waals surface area contributed by atoms with Crippen molar-refractivity contribution in [2.75, 3.05) is 37.6 Å². The van der Waals surface area contributed by atoms with Gasteiger partial charge in [-0.25, -0.2) is 0 Å². The Morgan fingerprint density at radius 1 is 0.973 bits per heavy atom. The Hall–Kier alpha value is -3.72. The predicted octanol–water partition coefficient (Wildman–Crippen LogP) is 5.42. The second-order valence-electron chi connectivity index (χ2n) is 9.03. The third kappa shape index (κ3) is 7.39. The Labute approximate surface area is 214 Å². The number of phenols is 1. The zero-order valence-corrected chi connectivity index (χ0v) is 20.6. The van der Waals surface area contributed by atoms with Gasteiger partial charge in [0.1, 0.15) is 11.5 Å². The number of nitrogens with zero attached hydrogens (tertiary/aromatic N) is 2. The first-order chi connectivity index (χ1) is 17.7. The van der Waals surface area contributed by atoms with Crippen LogP contribution in [0.2, 0.25) is 0 Å². The number of hydrogen-bond acceptors (Lipinski definition) is 5. The quantitative estimate of drug-likeness (QED) is 0.421. The Bertz CT molecular complexity index is 1210. The van der Waals surface area contributed by atoms with Gasteiger partial charge in [-0.15, -0.1) is 13.2 Å². The Morgan fingerprint density at radius 3 is 2.35 bits per heavy atom. The van der Waals surface area contributed by atoms with Crippen molar-refractivity contribution in [3.8, 4) is 22.6 Å². The van der Waals surface area contributed by atoms with E-state index in [1.807, 2.05) is 37.3 Å². The van der Waals surface area contributed by atoms with E-state index in [0.29, 0.717) is 35.3 Å². The number of benzene rings is 3. The number of nitrogens with one attached hydrogen (secondary N) is 1. The molecule has 0 saturated carbocycles. The SMILES string of the molecule is CCCNC(=O)c1ccc(N2CCN(Cc3cc(OC(F)(F)F)cc(-c4cccc(O)c4)c3)CC2)cc1. The molecule has 9 heteroatoms. The molecule has 0 radical (unpaired) electrons. The van der Waals surface area contributed by atoms with Gasteiger partial charge in [-0.2, -0.15) is 0 Å². The van der Waals surface area contributed by atoms with E-state index in [1.54, 1.807) is 12.1 Å². The Kier molecular flexibility index (Phi) is 8.23. The van der Waals surface area contributed by atoms with Crippen molar-refractivity contribution in [1.29, 1.82) is 0 Å². The lowest BCUT2D eigenvalue weighted by atomic mass is 10.0. The van der Waals surface area contributed by atoms with Gasteiger partial charge in [-0.3, -0.25) is 9.69 Å². The van der Waals surface area contributed by atoms with Gasteiger partial charge in [-0.1, -0.05) is 19.1 Å². The summed E-state index contributed by atoms with van der Waals surface area (Å²) in [5.74, 6) is -0.336. The van der Waals surface area contributed by atoms with Gasteiger partial charge in [0.2, 0.25) is 0 Å². The van der Waals surface area contributed by atoms with Crippen LogP contribution >= 0.6 is 0 Å². The Morgan fingerprint density at radius 2 is 1.70 bits per heavy atom. The molecule has 0 aromatic heterocycles. The van der Waals surface area contributed by atoms with Gasteiger partial charge < -0.3 is 20.1 Å². The molecule has 1 aliphatic heterocycles. The second kappa shape index (κ2) is 11.6. The first-order valence-electron chi connectivity index (χ1n) is 12.2. The standard InChI is InChI=1S/C28H30F3N3O3/c1-2-10-32-27(36)21-6-8-24(9-7-21)34-13-11-33(12-14-34)19-20-15-23(22-4-3-5-25(35)17-22)18-26(16-20)37-28(29,30)31/h3-9,15-18,35H,2,10-14,19H2,1H3,(H,32,36). The highest BCUT2D eigenvalue weighted by Crippen LogP contribution is 2.32.